The van der Waals surface area contributed by atoms with Gasteiger partial charge in [-0.2, -0.15) is 13.2 Å². The predicted molar refractivity (Wildman–Crippen MR) is 77.4 cm³/mol. The highest BCUT2D eigenvalue weighted by molar-refractivity contribution is 6.31. The number of carbonyl (C=O) groups excluding carboxylic acids is 1. The lowest BCUT2D eigenvalue weighted by Crippen LogP contribution is -2.20. The Labute approximate surface area is 131 Å². The maximum Gasteiger partial charge on any atom is 0.422 e. The lowest BCUT2D eigenvalue weighted by molar-refractivity contribution is -0.153. The molecule has 0 aliphatic heterocycles. The van der Waals surface area contributed by atoms with Gasteiger partial charge in [0, 0.05) is 25.2 Å². The fraction of sp³-hybridized carbons (Fsp3) is 0.500. The molecule has 0 aliphatic rings. The van der Waals surface area contributed by atoms with Crippen LogP contribution in [0.3, 0.4) is 0 Å². The second-order valence-corrected chi connectivity index (χ2v) is 4.98. The molecule has 0 bridgehead atoms. The highest BCUT2D eigenvalue weighted by Crippen LogP contribution is 2.29. The van der Waals surface area contributed by atoms with Crippen molar-refractivity contribution in [3.63, 3.8) is 0 Å². The number of anilines is 1. The maximum absolute atomic E-state index is 12.2. The number of halogens is 4. The summed E-state index contributed by atoms with van der Waals surface area (Å²) >= 11 is 5.79. The molecule has 0 saturated heterocycles. The highest BCUT2D eigenvalue weighted by atomic mass is 35.5. The van der Waals surface area contributed by atoms with Gasteiger partial charge in [0.2, 0.25) is 5.91 Å². The van der Waals surface area contributed by atoms with E-state index >= 15 is 0 Å². The molecular weight excluding hydrogens is 323 g/mol. The second kappa shape index (κ2) is 8.85. The number of hydrogen-bond acceptors (Lipinski definition) is 3. The zero-order valence-corrected chi connectivity index (χ0v) is 12.8. The molecule has 0 unspecified atom stereocenters. The predicted octanol–water partition coefficient (Wildman–Crippen LogP) is 4.04. The molecule has 0 aliphatic carbocycles. The smallest absolute Gasteiger partial charge is 0.422 e. The Kier molecular flexibility index (Phi) is 7.47. The van der Waals surface area contributed by atoms with Crippen molar-refractivity contribution in [2.24, 2.45) is 0 Å². The Morgan fingerprint density at radius 1 is 1.32 bits per heavy atom. The van der Waals surface area contributed by atoms with E-state index in [1.807, 2.05) is 0 Å². The van der Waals surface area contributed by atoms with Gasteiger partial charge in [-0.05, 0) is 31.0 Å². The van der Waals surface area contributed by atoms with Crippen molar-refractivity contribution in [2.45, 2.75) is 25.4 Å². The van der Waals surface area contributed by atoms with E-state index in [9.17, 15) is 18.0 Å². The minimum Gasteiger partial charge on any atom is -0.482 e. The van der Waals surface area contributed by atoms with Crippen molar-refractivity contribution in [3.8, 4) is 5.75 Å². The van der Waals surface area contributed by atoms with Gasteiger partial charge >= 0.3 is 6.18 Å². The monoisotopic (exact) mass is 339 g/mol. The third kappa shape index (κ3) is 7.51. The van der Waals surface area contributed by atoms with E-state index in [4.69, 9.17) is 16.3 Å². The van der Waals surface area contributed by atoms with Crippen LogP contribution < -0.4 is 10.1 Å². The summed E-state index contributed by atoms with van der Waals surface area (Å²) in [6.45, 7) is -0.893. The van der Waals surface area contributed by atoms with Gasteiger partial charge in [0.1, 0.15) is 5.75 Å². The van der Waals surface area contributed by atoms with Crippen LogP contribution in [0.25, 0.3) is 0 Å². The van der Waals surface area contributed by atoms with E-state index in [-0.39, 0.29) is 28.8 Å². The zero-order valence-electron chi connectivity index (χ0n) is 12.0. The molecule has 4 nitrogen and oxygen atoms in total. The van der Waals surface area contributed by atoms with Gasteiger partial charge in [-0.25, -0.2) is 0 Å². The van der Waals surface area contributed by atoms with E-state index in [1.54, 1.807) is 7.11 Å². The minimum atomic E-state index is -4.46. The molecule has 0 aromatic heterocycles. The average Bonchev–Trinajstić information content (AvgIpc) is 2.42. The quantitative estimate of drug-likeness (QED) is 0.727. The number of rotatable bonds is 8. The summed E-state index contributed by atoms with van der Waals surface area (Å²) in [4.78, 5) is 11.8. The number of ether oxygens (including phenoxy) is 2. The largest absolute Gasteiger partial charge is 0.482 e. The summed E-state index contributed by atoms with van der Waals surface area (Å²) in [7, 11) is 1.57. The zero-order chi connectivity index (χ0) is 16.6. The number of hydrogen-bond donors (Lipinski definition) is 1. The van der Waals surface area contributed by atoms with Crippen LogP contribution in [-0.2, 0) is 9.53 Å². The molecule has 0 saturated carbocycles. The fourth-order valence-electron chi connectivity index (χ4n) is 1.63. The molecule has 8 heteroatoms. The van der Waals surface area contributed by atoms with Gasteiger partial charge < -0.3 is 14.8 Å². The Balaban J connectivity index is 2.63. The van der Waals surface area contributed by atoms with Crippen molar-refractivity contribution >= 4 is 23.2 Å². The molecule has 1 aromatic carbocycles. The first kappa shape index (κ1) is 18.6. The number of methoxy groups -OCH3 is 1. The van der Waals surface area contributed by atoms with Crippen molar-refractivity contribution in [2.75, 3.05) is 25.6 Å². The molecule has 1 aromatic rings. The number of alkyl halides is 3. The van der Waals surface area contributed by atoms with Crippen molar-refractivity contribution in [3.05, 3.63) is 23.2 Å². The summed E-state index contributed by atoms with van der Waals surface area (Å²) in [6, 6.07) is 4.02. The average molecular weight is 340 g/mol. The first-order valence-corrected chi connectivity index (χ1v) is 6.97. The summed E-state index contributed by atoms with van der Waals surface area (Å²) in [5.74, 6) is -0.401. The molecule has 1 amide bonds. The Hall–Kier alpha value is -1.47. The molecule has 0 radical (unpaired) electrons. The Morgan fingerprint density at radius 3 is 2.68 bits per heavy atom. The van der Waals surface area contributed by atoms with E-state index in [0.29, 0.717) is 13.0 Å². The summed E-state index contributed by atoms with van der Waals surface area (Å²) in [5.41, 5.74) is 0.119. The number of carbonyl (C=O) groups is 1. The molecule has 1 N–H and O–H groups in total. The van der Waals surface area contributed by atoms with Crippen LogP contribution in [0.1, 0.15) is 19.3 Å². The Morgan fingerprint density at radius 2 is 2.05 bits per heavy atom. The van der Waals surface area contributed by atoms with Gasteiger partial charge in [0.25, 0.3) is 0 Å². The molecule has 1 rings (SSSR count). The van der Waals surface area contributed by atoms with Gasteiger partial charge in [-0.3, -0.25) is 4.79 Å². The molecule has 0 spiro atoms. The van der Waals surface area contributed by atoms with Gasteiger partial charge in [0.15, 0.2) is 6.61 Å². The summed E-state index contributed by atoms with van der Waals surface area (Å²) in [6.07, 6.45) is -2.90. The Bertz CT molecular complexity index is 495. The third-order valence-corrected chi connectivity index (χ3v) is 2.84. The number of amides is 1. The lowest BCUT2D eigenvalue weighted by Gasteiger charge is -2.14. The molecule has 0 atom stereocenters. The molecular formula is C14H17ClF3NO3. The molecule has 22 heavy (non-hydrogen) atoms. The number of benzene rings is 1. The summed E-state index contributed by atoms with van der Waals surface area (Å²) < 4.78 is 46.2. The van der Waals surface area contributed by atoms with Crippen molar-refractivity contribution < 1.29 is 27.4 Å². The van der Waals surface area contributed by atoms with Crippen LogP contribution >= 0.6 is 11.6 Å². The summed E-state index contributed by atoms with van der Waals surface area (Å²) in [5, 5.41) is 2.79. The maximum atomic E-state index is 12.2. The SMILES string of the molecule is COCCCCC(=O)Nc1cc(Cl)ccc1OCC(F)(F)F. The normalized spacial score (nSPS) is 11.3. The molecule has 0 heterocycles. The van der Waals surface area contributed by atoms with Crippen LogP contribution in [0.2, 0.25) is 5.02 Å². The van der Waals surface area contributed by atoms with E-state index in [0.717, 1.165) is 6.42 Å². The van der Waals surface area contributed by atoms with Crippen LogP contribution in [0.15, 0.2) is 18.2 Å². The van der Waals surface area contributed by atoms with Crippen molar-refractivity contribution in [1.82, 2.24) is 0 Å². The first-order chi connectivity index (χ1) is 10.3. The minimum absolute atomic E-state index is 0.0769. The van der Waals surface area contributed by atoms with Gasteiger partial charge in [0.05, 0.1) is 5.69 Å². The van der Waals surface area contributed by atoms with Gasteiger partial charge in [-0.1, -0.05) is 11.6 Å². The van der Waals surface area contributed by atoms with Crippen LogP contribution in [0.4, 0.5) is 18.9 Å². The van der Waals surface area contributed by atoms with Gasteiger partial charge in [-0.15, -0.1) is 0 Å². The topological polar surface area (TPSA) is 47.6 Å². The fourth-order valence-corrected chi connectivity index (χ4v) is 1.80. The van der Waals surface area contributed by atoms with Crippen LogP contribution in [0, 0.1) is 0 Å². The van der Waals surface area contributed by atoms with E-state index in [1.165, 1.54) is 18.2 Å². The molecule has 124 valence electrons. The van der Waals surface area contributed by atoms with Crippen LogP contribution in [-0.4, -0.2) is 32.4 Å². The third-order valence-electron chi connectivity index (χ3n) is 2.61. The second-order valence-electron chi connectivity index (χ2n) is 4.54. The van der Waals surface area contributed by atoms with Crippen molar-refractivity contribution in [1.29, 1.82) is 0 Å². The number of nitrogens with one attached hydrogen (secondary N) is 1. The van der Waals surface area contributed by atoms with E-state index < -0.39 is 12.8 Å². The highest BCUT2D eigenvalue weighted by Gasteiger charge is 2.29. The lowest BCUT2D eigenvalue weighted by atomic mass is 10.2. The standard InChI is InChI=1S/C14H17ClF3NO3/c1-21-7-3-2-4-13(20)19-11-8-10(15)5-6-12(11)22-9-14(16,17)18/h5-6,8H,2-4,7,9H2,1H3,(H,19,20). The first-order valence-electron chi connectivity index (χ1n) is 6.59. The molecule has 0 fully saturated rings. The number of unbranched alkanes of at least 4 members (excludes halogenated alkanes) is 1. The van der Waals surface area contributed by atoms with Crippen LogP contribution in [0.5, 0.6) is 5.75 Å². The van der Waals surface area contributed by atoms with E-state index in [2.05, 4.69) is 10.1 Å².